The average Bonchev–Trinajstić information content (AvgIpc) is 3.47. The van der Waals surface area contributed by atoms with Crippen molar-refractivity contribution in [3.8, 4) is 17.2 Å². The molecule has 4 rings (SSSR count). The number of nitrogens with zero attached hydrogens (tertiary/aromatic N) is 2. The molecule has 10 nitrogen and oxygen atoms in total. The first-order valence-electron chi connectivity index (χ1n) is 9.42. The molecule has 0 aliphatic rings. The Labute approximate surface area is 181 Å². The van der Waals surface area contributed by atoms with E-state index in [-0.39, 0.29) is 16.8 Å². The van der Waals surface area contributed by atoms with E-state index in [1.807, 2.05) is 0 Å². The van der Waals surface area contributed by atoms with Crippen LogP contribution in [0.5, 0.6) is 5.75 Å². The molecular weight excluding hydrogens is 418 g/mol. The molecule has 4 aromatic rings. The Balaban J connectivity index is 1.47. The quantitative estimate of drug-likeness (QED) is 0.454. The SMILES string of the molecule is COc1ccc(C(=O)NC(=O)COC(=O)c2cc(-c3ccco3)nc3onc(C)c23)cc1. The van der Waals surface area contributed by atoms with Gasteiger partial charge in [-0.2, -0.15) is 0 Å². The number of hydrogen-bond donors (Lipinski definition) is 1. The van der Waals surface area contributed by atoms with Gasteiger partial charge in [0.15, 0.2) is 12.4 Å². The highest BCUT2D eigenvalue weighted by Gasteiger charge is 2.22. The van der Waals surface area contributed by atoms with Crippen LogP contribution in [0.25, 0.3) is 22.6 Å². The fourth-order valence-corrected chi connectivity index (χ4v) is 2.99. The molecule has 0 saturated heterocycles. The lowest BCUT2D eigenvalue weighted by molar-refractivity contribution is -0.123. The Kier molecular flexibility index (Phi) is 5.67. The molecule has 2 amide bonds. The van der Waals surface area contributed by atoms with E-state index < -0.39 is 24.4 Å². The van der Waals surface area contributed by atoms with E-state index >= 15 is 0 Å². The largest absolute Gasteiger partial charge is 0.497 e. The van der Waals surface area contributed by atoms with Crippen molar-refractivity contribution in [2.45, 2.75) is 6.92 Å². The predicted molar refractivity (Wildman–Crippen MR) is 110 cm³/mol. The molecule has 3 aromatic heterocycles. The maximum absolute atomic E-state index is 12.7. The molecular formula is C22H17N3O7. The number of pyridine rings is 1. The Hall–Kier alpha value is -4.47. The summed E-state index contributed by atoms with van der Waals surface area (Å²) in [7, 11) is 1.50. The van der Waals surface area contributed by atoms with E-state index in [2.05, 4.69) is 15.5 Å². The Morgan fingerprint density at radius 1 is 1.12 bits per heavy atom. The van der Waals surface area contributed by atoms with Crippen molar-refractivity contribution in [3.63, 3.8) is 0 Å². The number of esters is 1. The van der Waals surface area contributed by atoms with Gasteiger partial charge in [-0.25, -0.2) is 9.78 Å². The smallest absolute Gasteiger partial charge is 0.339 e. The van der Waals surface area contributed by atoms with E-state index in [1.165, 1.54) is 31.6 Å². The fourth-order valence-electron chi connectivity index (χ4n) is 2.99. The zero-order chi connectivity index (χ0) is 22.7. The van der Waals surface area contributed by atoms with Crippen LogP contribution in [0.1, 0.15) is 26.4 Å². The first kappa shape index (κ1) is 20.8. The van der Waals surface area contributed by atoms with Gasteiger partial charge in [0, 0.05) is 5.56 Å². The maximum Gasteiger partial charge on any atom is 0.339 e. The number of amides is 2. The van der Waals surface area contributed by atoms with Crippen LogP contribution in [0.15, 0.2) is 57.7 Å². The van der Waals surface area contributed by atoms with Crippen LogP contribution in [0.3, 0.4) is 0 Å². The van der Waals surface area contributed by atoms with Crippen molar-refractivity contribution < 1.29 is 32.8 Å². The molecule has 32 heavy (non-hydrogen) atoms. The number of aromatic nitrogens is 2. The Morgan fingerprint density at radius 2 is 1.91 bits per heavy atom. The topological polar surface area (TPSA) is 134 Å². The van der Waals surface area contributed by atoms with Crippen molar-refractivity contribution in [2.75, 3.05) is 13.7 Å². The third-order valence-electron chi connectivity index (χ3n) is 4.55. The molecule has 0 unspecified atom stereocenters. The minimum atomic E-state index is -0.802. The van der Waals surface area contributed by atoms with Gasteiger partial charge in [0.05, 0.1) is 30.0 Å². The van der Waals surface area contributed by atoms with Gasteiger partial charge < -0.3 is 18.4 Å². The number of aryl methyl sites for hydroxylation is 1. The molecule has 0 spiro atoms. The maximum atomic E-state index is 12.7. The first-order valence-corrected chi connectivity index (χ1v) is 9.42. The van der Waals surface area contributed by atoms with Crippen molar-refractivity contribution in [1.82, 2.24) is 15.5 Å². The van der Waals surface area contributed by atoms with Crippen LogP contribution in [-0.2, 0) is 9.53 Å². The summed E-state index contributed by atoms with van der Waals surface area (Å²) in [5.41, 5.74) is 1.26. The summed E-state index contributed by atoms with van der Waals surface area (Å²) in [6.45, 7) is 0.988. The van der Waals surface area contributed by atoms with E-state index in [0.717, 1.165) is 0 Å². The number of ether oxygens (including phenoxy) is 2. The number of fused-ring (bicyclic) bond motifs is 1. The highest BCUT2D eigenvalue weighted by Crippen LogP contribution is 2.27. The molecule has 162 valence electrons. The number of benzene rings is 1. The van der Waals surface area contributed by atoms with Gasteiger partial charge in [0.1, 0.15) is 11.4 Å². The third-order valence-corrected chi connectivity index (χ3v) is 4.55. The monoisotopic (exact) mass is 435 g/mol. The highest BCUT2D eigenvalue weighted by molar-refractivity contribution is 6.07. The molecule has 0 aliphatic carbocycles. The van der Waals surface area contributed by atoms with Crippen LogP contribution in [-0.4, -0.2) is 41.6 Å². The number of carbonyl (C=O) groups excluding carboxylic acids is 3. The van der Waals surface area contributed by atoms with Crippen molar-refractivity contribution in [2.24, 2.45) is 0 Å². The van der Waals surface area contributed by atoms with Gasteiger partial charge in [-0.15, -0.1) is 0 Å². The summed E-state index contributed by atoms with van der Waals surface area (Å²) in [5, 5.41) is 6.36. The Morgan fingerprint density at radius 3 is 2.59 bits per heavy atom. The molecule has 0 atom stereocenters. The fraction of sp³-hybridized carbons (Fsp3) is 0.136. The van der Waals surface area contributed by atoms with Gasteiger partial charge in [-0.3, -0.25) is 14.9 Å². The number of carbonyl (C=O) groups is 3. The van der Waals surface area contributed by atoms with Crippen LogP contribution >= 0.6 is 0 Å². The zero-order valence-corrected chi connectivity index (χ0v) is 17.1. The van der Waals surface area contributed by atoms with Crippen LogP contribution in [0.4, 0.5) is 0 Å². The lowest BCUT2D eigenvalue weighted by atomic mass is 10.1. The second-order valence-corrected chi connectivity index (χ2v) is 6.66. The van der Waals surface area contributed by atoms with Gasteiger partial charge in [0.25, 0.3) is 17.5 Å². The molecule has 1 aromatic carbocycles. The van der Waals surface area contributed by atoms with Crippen molar-refractivity contribution in [1.29, 1.82) is 0 Å². The summed E-state index contributed by atoms with van der Waals surface area (Å²) in [4.78, 5) is 41.3. The summed E-state index contributed by atoms with van der Waals surface area (Å²) in [5.74, 6) is -1.22. The summed E-state index contributed by atoms with van der Waals surface area (Å²) in [6.07, 6.45) is 1.47. The lowest BCUT2D eigenvalue weighted by Gasteiger charge is -2.08. The Bertz CT molecular complexity index is 1290. The number of rotatable bonds is 6. The first-order chi connectivity index (χ1) is 15.5. The van der Waals surface area contributed by atoms with Gasteiger partial charge >= 0.3 is 5.97 Å². The van der Waals surface area contributed by atoms with Crippen molar-refractivity contribution in [3.05, 3.63) is 65.5 Å². The van der Waals surface area contributed by atoms with E-state index in [1.54, 1.807) is 31.2 Å². The second-order valence-electron chi connectivity index (χ2n) is 6.66. The second kappa shape index (κ2) is 8.72. The number of methoxy groups -OCH3 is 1. The molecule has 0 radical (unpaired) electrons. The van der Waals surface area contributed by atoms with Crippen molar-refractivity contribution >= 4 is 28.9 Å². The molecule has 0 saturated carbocycles. The zero-order valence-electron chi connectivity index (χ0n) is 17.1. The molecule has 0 aliphatic heterocycles. The summed E-state index contributed by atoms with van der Waals surface area (Å²) >= 11 is 0. The van der Waals surface area contributed by atoms with Crippen LogP contribution in [0.2, 0.25) is 0 Å². The van der Waals surface area contributed by atoms with Gasteiger partial charge in [-0.05, 0) is 49.4 Å². The summed E-state index contributed by atoms with van der Waals surface area (Å²) in [6, 6.07) is 11.0. The minimum Gasteiger partial charge on any atom is -0.497 e. The van der Waals surface area contributed by atoms with Crippen LogP contribution in [0, 0.1) is 6.92 Å². The normalized spacial score (nSPS) is 10.7. The number of hydrogen-bond acceptors (Lipinski definition) is 9. The number of furan rings is 1. The van der Waals surface area contributed by atoms with Crippen LogP contribution < -0.4 is 10.1 Å². The molecule has 0 bridgehead atoms. The van der Waals surface area contributed by atoms with Gasteiger partial charge in [-0.1, -0.05) is 5.16 Å². The summed E-state index contributed by atoms with van der Waals surface area (Å²) < 4.78 is 20.6. The average molecular weight is 435 g/mol. The van der Waals surface area contributed by atoms with E-state index in [4.69, 9.17) is 18.4 Å². The lowest BCUT2D eigenvalue weighted by Crippen LogP contribution is -2.34. The number of nitrogens with one attached hydrogen (secondary N) is 1. The standard InChI is InChI=1S/C22H17N3O7/c1-12-19-15(10-16(17-4-3-9-30-17)23-21(19)32-25-12)22(28)31-11-18(26)24-20(27)13-5-7-14(29-2)8-6-13/h3-10H,11H2,1-2H3,(H,24,26,27). The molecule has 10 heteroatoms. The predicted octanol–water partition coefficient (Wildman–Crippen LogP) is 2.91. The van der Waals surface area contributed by atoms with E-state index in [9.17, 15) is 14.4 Å². The molecule has 1 N–H and O–H groups in total. The number of imide groups is 1. The molecule has 0 fully saturated rings. The van der Waals surface area contributed by atoms with Gasteiger partial charge in [0.2, 0.25) is 0 Å². The minimum absolute atomic E-state index is 0.106. The molecule has 3 heterocycles. The third kappa shape index (κ3) is 4.19. The highest BCUT2D eigenvalue weighted by atomic mass is 16.5. The van der Waals surface area contributed by atoms with E-state index in [0.29, 0.717) is 28.3 Å².